The molecule has 0 aliphatic carbocycles. The van der Waals surface area contributed by atoms with Gasteiger partial charge in [-0.05, 0) is 54.3 Å². The molecule has 6 nitrogen and oxygen atoms in total. The zero-order valence-electron chi connectivity index (χ0n) is 17.3. The fourth-order valence-corrected chi connectivity index (χ4v) is 4.37. The molecule has 1 saturated heterocycles. The molecular weight excluding hydrogens is 434 g/mol. The number of carboxylic acid groups (broad SMARTS) is 1. The van der Waals surface area contributed by atoms with Crippen molar-refractivity contribution < 1.29 is 24.2 Å². The van der Waals surface area contributed by atoms with Crippen LogP contribution in [-0.2, 0) is 16.0 Å². The van der Waals surface area contributed by atoms with E-state index < -0.39 is 12.6 Å². The number of carboxylic acids is 1. The molecule has 2 aromatic carbocycles. The Labute approximate surface area is 190 Å². The summed E-state index contributed by atoms with van der Waals surface area (Å²) in [5.74, 6) is -0.555. The normalized spacial score (nSPS) is 14.9. The summed E-state index contributed by atoms with van der Waals surface area (Å²) in [5, 5.41) is 8.78. The molecule has 1 aliphatic rings. The van der Waals surface area contributed by atoms with Crippen LogP contribution >= 0.6 is 24.0 Å². The van der Waals surface area contributed by atoms with Crippen molar-refractivity contribution in [1.29, 1.82) is 0 Å². The van der Waals surface area contributed by atoms with E-state index in [1.165, 1.54) is 29.3 Å². The van der Waals surface area contributed by atoms with Crippen molar-refractivity contribution in [3.8, 4) is 11.5 Å². The molecule has 162 valence electrons. The molecule has 1 aliphatic heterocycles. The van der Waals surface area contributed by atoms with Crippen LogP contribution in [0.15, 0.2) is 47.4 Å². The standard InChI is InChI=1S/C23H23NO5S2/c1-3-4-5-15-6-9-17(10-7-15)24-22(27)20(31-23(24)30)13-16-8-11-18(19(12-16)28-2)29-14-21(25)26/h6-13H,3-5,14H2,1-2H3,(H,25,26)/b20-13+. The summed E-state index contributed by atoms with van der Waals surface area (Å²) < 4.78 is 11.0. The van der Waals surface area contributed by atoms with Crippen LogP contribution in [0.5, 0.6) is 11.5 Å². The molecule has 0 unspecified atom stereocenters. The van der Waals surface area contributed by atoms with Gasteiger partial charge in [0.05, 0.1) is 17.7 Å². The number of amides is 1. The first-order valence-corrected chi connectivity index (χ1v) is 11.0. The van der Waals surface area contributed by atoms with Gasteiger partial charge in [0.25, 0.3) is 5.91 Å². The highest BCUT2D eigenvalue weighted by atomic mass is 32.2. The first-order valence-electron chi connectivity index (χ1n) is 9.82. The summed E-state index contributed by atoms with van der Waals surface area (Å²) >= 11 is 6.69. The number of aliphatic carboxylic acids is 1. The molecule has 0 aromatic heterocycles. The van der Waals surface area contributed by atoms with Crippen LogP contribution < -0.4 is 14.4 Å². The van der Waals surface area contributed by atoms with Crippen LogP contribution in [0.1, 0.15) is 30.9 Å². The molecule has 3 rings (SSSR count). The Morgan fingerprint density at radius 3 is 2.58 bits per heavy atom. The number of carbonyl (C=O) groups is 2. The van der Waals surface area contributed by atoms with Crippen molar-refractivity contribution in [2.45, 2.75) is 26.2 Å². The van der Waals surface area contributed by atoms with Gasteiger partial charge in [-0.2, -0.15) is 0 Å². The average Bonchev–Trinajstić information content (AvgIpc) is 3.04. The van der Waals surface area contributed by atoms with Crippen LogP contribution in [0.25, 0.3) is 6.08 Å². The van der Waals surface area contributed by atoms with Crippen molar-refractivity contribution in [1.82, 2.24) is 0 Å². The molecule has 1 N–H and O–H groups in total. The topological polar surface area (TPSA) is 76.1 Å². The third kappa shape index (κ3) is 5.65. The van der Waals surface area contributed by atoms with E-state index in [2.05, 4.69) is 6.92 Å². The SMILES string of the molecule is CCCCc1ccc(N2C(=O)/C(=C\c3ccc(OCC(=O)O)c(OC)c3)SC2=S)cc1. The molecule has 2 aromatic rings. The minimum Gasteiger partial charge on any atom is -0.493 e. The smallest absolute Gasteiger partial charge is 0.341 e. The quantitative estimate of drug-likeness (QED) is 0.424. The first kappa shape index (κ1) is 22.8. The maximum atomic E-state index is 13.0. The van der Waals surface area contributed by atoms with Crippen molar-refractivity contribution >= 4 is 51.9 Å². The van der Waals surface area contributed by atoms with Gasteiger partial charge in [-0.1, -0.05) is 55.5 Å². The van der Waals surface area contributed by atoms with Gasteiger partial charge in [0.1, 0.15) is 0 Å². The van der Waals surface area contributed by atoms with E-state index in [1.54, 1.807) is 24.3 Å². The van der Waals surface area contributed by atoms with E-state index in [0.717, 1.165) is 30.5 Å². The van der Waals surface area contributed by atoms with Crippen molar-refractivity contribution in [3.05, 3.63) is 58.5 Å². The molecule has 0 atom stereocenters. The summed E-state index contributed by atoms with van der Waals surface area (Å²) in [4.78, 5) is 25.8. The largest absolute Gasteiger partial charge is 0.493 e. The van der Waals surface area contributed by atoms with E-state index >= 15 is 0 Å². The first-order chi connectivity index (χ1) is 14.9. The summed E-state index contributed by atoms with van der Waals surface area (Å²) in [5.41, 5.74) is 2.71. The maximum absolute atomic E-state index is 13.0. The molecule has 31 heavy (non-hydrogen) atoms. The van der Waals surface area contributed by atoms with E-state index in [1.807, 2.05) is 24.3 Å². The number of benzene rings is 2. The molecule has 0 saturated carbocycles. The molecule has 1 heterocycles. The van der Waals surface area contributed by atoms with Gasteiger partial charge in [0.2, 0.25) is 0 Å². The number of unbranched alkanes of at least 4 members (excludes halogenated alkanes) is 1. The van der Waals surface area contributed by atoms with Crippen LogP contribution in [0.3, 0.4) is 0 Å². The molecule has 1 fully saturated rings. The number of hydrogen-bond acceptors (Lipinski definition) is 6. The molecule has 1 amide bonds. The second-order valence-electron chi connectivity index (χ2n) is 6.88. The number of aryl methyl sites for hydroxylation is 1. The zero-order valence-corrected chi connectivity index (χ0v) is 18.9. The predicted octanol–water partition coefficient (Wildman–Crippen LogP) is 4.91. The minimum atomic E-state index is -1.08. The second-order valence-corrected chi connectivity index (χ2v) is 8.56. The van der Waals surface area contributed by atoms with E-state index in [9.17, 15) is 9.59 Å². The number of nitrogens with zero attached hydrogens (tertiary/aromatic N) is 1. The highest BCUT2D eigenvalue weighted by molar-refractivity contribution is 8.27. The Kier molecular flexibility index (Phi) is 7.70. The third-order valence-corrected chi connectivity index (χ3v) is 5.95. The average molecular weight is 458 g/mol. The zero-order chi connectivity index (χ0) is 22.4. The summed E-state index contributed by atoms with van der Waals surface area (Å²) in [6.07, 6.45) is 5.02. The third-order valence-electron chi connectivity index (χ3n) is 4.64. The highest BCUT2D eigenvalue weighted by Crippen LogP contribution is 2.37. The van der Waals surface area contributed by atoms with Crippen molar-refractivity contribution in [2.24, 2.45) is 0 Å². The van der Waals surface area contributed by atoms with Gasteiger partial charge in [-0.3, -0.25) is 9.69 Å². The van der Waals surface area contributed by atoms with Crippen molar-refractivity contribution in [3.63, 3.8) is 0 Å². The lowest BCUT2D eigenvalue weighted by Gasteiger charge is -2.15. The highest BCUT2D eigenvalue weighted by Gasteiger charge is 2.33. The lowest BCUT2D eigenvalue weighted by molar-refractivity contribution is -0.139. The van der Waals surface area contributed by atoms with E-state index in [-0.39, 0.29) is 5.91 Å². The number of rotatable bonds is 9. The van der Waals surface area contributed by atoms with Crippen LogP contribution in [0.4, 0.5) is 5.69 Å². The van der Waals surface area contributed by atoms with Crippen LogP contribution in [-0.4, -0.2) is 35.0 Å². The second kappa shape index (κ2) is 10.5. The summed E-state index contributed by atoms with van der Waals surface area (Å²) in [7, 11) is 1.47. The number of carbonyl (C=O) groups excluding carboxylic acids is 1. The van der Waals surface area contributed by atoms with Gasteiger partial charge < -0.3 is 14.6 Å². The molecular formula is C23H23NO5S2. The fourth-order valence-electron chi connectivity index (χ4n) is 3.07. The molecule has 0 spiro atoms. The lowest BCUT2D eigenvalue weighted by Crippen LogP contribution is -2.27. The van der Waals surface area contributed by atoms with Gasteiger partial charge in [0.15, 0.2) is 22.4 Å². The fraction of sp³-hybridized carbons (Fsp3) is 0.261. The van der Waals surface area contributed by atoms with Gasteiger partial charge in [-0.15, -0.1) is 0 Å². The lowest BCUT2D eigenvalue weighted by atomic mass is 10.1. The molecule has 8 heteroatoms. The maximum Gasteiger partial charge on any atom is 0.341 e. The Morgan fingerprint density at radius 1 is 1.19 bits per heavy atom. The Morgan fingerprint density at radius 2 is 1.94 bits per heavy atom. The molecule has 0 radical (unpaired) electrons. The Bertz CT molecular complexity index is 1020. The number of anilines is 1. The van der Waals surface area contributed by atoms with Gasteiger partial charge in [-0.25, -0.2) is 4.79 Å². The predicted molar refractivity (Wildman–Crippen MR) is 127 cm³/mol. The monoisotopic (exact) mass is 457 g/mol. The molecule has 0 bridgehead atoms. The number of ether oxygens (including phenoxy) is 2. The van der Waals surface area contributed by atoms with Crippen LogP contribution in [0, 0.1) is 0 Å². The summed E-state index contributed by atoms with van der Waals surface area (Å²) in [6, 6.07) is 13.0. The van der Waals surface area contributed by atoms with E-state index in [4.69, 9.17) is 26.8 Å². The van der Waals surface area contributed by atoms with Gasteiger partial charge >= 0.3 is 5.97 Å². The Hall–Kier alpha value is -2.84. The van der Waals surface area contributed by atoms with E-state index in [0.29, 0.717) is 20.7 Å². The number of thioether (sulfide) groups is 1. The Balaban J connectivity index is 1.79. The van der Waals surface area contributed by atoms with Gasteiger partial charge in [0, 0.05) is 0 Å². The number of methoxy groups -OCH3 is 1. The van der Waals surface area contributed by atoms with Crippen LogP contribution in [0.2, 0.25) is 0 Å². The number of thiocarbonyl (C=S) groups is 1. The van der Waals surface area contributed by atoms with Crippen molar-refractivity contribution in [2.75, 3.05) is 18.6 Å². The minimum absolute atomic E-state index is 0.179. The number of hydrogen-bond donors (Lipinski definition) is 1. The summed E-state index contributed by atoms with van der Waals surface area (Å²) in [6.45, 7) is 1.69.